The topological polar surface area (TPSA) is 62.2 Å². The first kappa shape index (κ1) is 13.4. The van der Waals surface area contributed by atoms with E-state index in [0.29, 0.717) is 5.92 Å². The van der Waals surface area contributed by atoms with Gasteiger partial charge in [0.25, 0.3) is 0 Å². The fraction of sp³-hybridized carbons (Fsp3) is 0.562. The second-order valence-electron chi connectivity index (χ2n) is 6.09. The van der Waals surface area contributed by atoms with Crippen molar-refractivity contribution < 1.29 is 19.6 Å². The summed E-state index contributed by atoms with van der Waals surface area (Å²) in [5.41, 5.74) is 0.714. The van der Waals surface area contributed by atoms with Crippen molar-refractivity contribution in [1.82, 2.24) is 0 Å². The summed E-state index contributed by atoms with van der Waals surface area (Å²) in [4.78, 5) is 3.53. The lowest BCUT2D eigenvalue weighted by Crippen LogP contribution is -2.92. The highest BCUT2D eigenvalue weighted by atomic mass is 16.8. The number of nitrogens with one attached hydrogen (secondary N) is 1. The number of fused-ring (bicyclic) bond motifs is 2. The van der Waals surface area contributed by atoms with Gasteiger partial charge in [-0.3, -0.25) is 4.74 Å². The van der Waals surface area contributed by atoms with Crippen LogP contribution in [0.3, 0.4) is 0 Å². The zero-order valence-electron chi connectivity index (χ0n) is 12.1. The minimum absolute atomic E-state index is 0.0311. The highest BCUT2D eigenvalue weighted by Crippen LogP contribution is 2.37. The van der Waals surface area contributed by atoms with Crippen LogP contribution in [0.5, 0.6) is 0 Å². The van der Waals surface area contributed by atoms with Gasteiger partial charge in [0.05, 0.1) is 0 Å². The molecule has 3 unspecified atom stereocenters. The number of epoxide rings is 1. The second kappa shape index (κ2) is 5.09. The van der Waals surface area contributed by atoms with Crippen LogP contribution in [0.25, 0.3) is 0 Å². The number of ether oxygens (including phenoxy) is 2. The molecule has 1 aliphatic carbocycles. The van der Waals surface area contributed by atoms with Gasteiger partial charge in [-0.15, -0.1) is 0 Å². The van der Waals surface area contributed by atoms with Gasteiger partial charge in [-0.1, -0.05) is 26.0 Å². The molecule has 0 saturated carbocycles. The summed E-state index contributed by atoms with van der Waals surface area (Å²) in [5, 5.41) is 7.63. The number of rotatable bonds is 3. The highest BCUT2D eigenvalue weighted by molar-refractivity contribution is 5.91. The Bertz CT molecular complexity index is 504. The zero-order chi connectivity index (χ0) is 14.2. The molecule has 0 bridgehead atoms. The lowest BCUT2D eigenvalue weighted by Gasteiger charge is -2.23. The van der Waals surface area contributed by atoms with Gasteiger partial charge in [0.2, 0.25) is 23.5 Å². The molecule has 4 nitrogen and oxygen atoms in total. The summed E-state index contributed by atoms with van der Waals surface area (Å²) < 4.78 is 10.3. The fourth-order valence-electron chi connectivity index (χ4n) is 2.90. The van der Waals surface area contributed by atoms with Gasteiger partial charge in [-0.2, -0.15) is 4.99 Å². The summed E-state index contributed by atoms with van der Waals surface area (Å²) in [5.74, 6) is 1.25. The van der Waals surface area contributed by atoms with Gasteiger partial charge < -0.3 is 9.84 Å². The van der Waals surface area contributed by atoms with Crippen molar-refractivity contribution in [3.05, 3.63) is 36.1 Å². The minimum Gasteiger partial charge on any atom is -0.598 e. The van der Waals surface area contributed by atoms with Crippen molar-refractivity contribution >= 4 is 5.90 Å². The van der Waals surface area contributed by atoms with Crippen molar-refractivity contribution in [1.29, 1.82) is 0 Å². The van der Waals surface area contributed by atoms with Gasteiger partial charge in [0.15, 0.2) is 0 Å². The standard InChI is InChI=1S/C16H21NO3/c1-11(2)6-7-12(10-18)14-17-16(8-4-3-5-9-16)13-15(19-13)20-14/h4,6-8,10-11,13,15,18H,3,5,9H2,1-2H3/p+3/b7-6-,12-10+. The van der Waals surface area contributed by atoms with E-state index in [0.717, 1.165) is 24.3 Å². The normalized spacial score (nSPS) is 36.1. The Morgan fingerprint density at radius 3 is 3.10 bits per heavy atom. The Kier molecular flexibility index (Phi) is 3.42. The maximum absolute atomic E-state index is 7.63. The number of hydrogen-bond donors (Lipinski definition) is 1. The molecule has 20 heavy (non-hydrogen) atoms. The van der Waals surface area contributed by atoms with Crippen LogP contribution in [0.15, 0.2) is 36.1 Å². The van der Waals surface area contributed by atoms with Crippen LogP contribution in [-0.4, -0.2) is 33.7 Å². The van der Waals surface area contributed by atoms with E-state index in [1.807, 2.05) is 6.08 Å². The average Bonchev–Trinajstić information content (AvgIpc) is 3.20. The third-order valence-corrected chi connectivity index (χ3v) is 4.05. The van der Waals surface area contributed by atoms with E-state index < -0.39 is 0 Å². The molecule has 3 aliphatic rings. The molecular weight excluding hydrogens is 254 g/mol. The lowest BCUT2D eigenvalue weighted by atomic mass is 9.84. The smallest absolute Gasteiger partial charge is 0.515 e. The number of allylic oxidation sites excluding steroid dienone is 2. The van der Waals surface area contributed by atoms with Gasteiger partial charge in [-0.05, 0) is 30.9 Å². The second-order valence-corrected chi connectivity index (χ2v) is 6.09. The molecule has 108 valence electrons. The first-order valence-corrected chi connectivity index (χ1v) is 7.40. The largest absolute Gasteiger partial charge is 0.598 e. The van der Waals surface area contributed by atoms with Crippen molar-refractivity contribution in [2.24, 2.45) is 5.92 Å². The molecule has 1 spiro atoms. The molecule has 1 fully saturated rings. The van der Waals surface area contributed by atoms with Crippen LogP contribution in [-0.2, 0) is 4.74 Å². The van der Waals surface area contributed by atoms with Crippen LogP contribution in [0.1, 0.15) is 33.1 Å². The molecule has 1 saturated heterocycles. The monoisotopic (exact) mass is 278 g/mol. The maximum atomic E-state index is 7.63. The minimum atomic E-state index is -0.111. The van der Waals surface area contributed by atoms with Crippen molar-refractivity contribution in [2.75, 3.05) is 0 Å². The van der Waals surface area contributed by atoms with E-state index in [1.54, 1.807) is 0 Å². The fourth-order valence-corrected chi connectivity index (χ4v) is 2.90. The third kappa shape index (κ3) is 2.40. The molecule has 2 heterocycles. The van der Waals surface area contributed by atoms with Crippen LogP contribution in [0.4, 0.5) is 0 Å². The Balaban J connectivity index is 1.89. The average molecular weight is 278 g/mol. The molecule has 2 aliphatic heterocycles. The Morgan fingerprint density at radius 1 is 1.60 bits per heavy atom. The lowest BCUT2D eigenvalue weighted by molar-refractivity contribution is -0.562. The van der Waals surface area contributed by atoms with Crippen molar-refractivity contribution in [3.8, 4) is 0 Å². The van der Waals surface area contributed by atoms with E-state index >= 15 is 0 Å². The molecule has 0 aromatic rings. The number of hydrogen-bond acceptors (Lipinski definition) is 1. The van der Waals surface area contributed by atoms with Crippen LogP contribution >= 0.6 is 0 Å². The molecule has 0 aromatic heterocycles. The summed E-state index contributed by atoms with van der Waals surface area (Å²) in [7, 11) is 0. The van der Waals surface area contributed by atoms with Crippen molar-refractivity contribution in [3.63, 3.8) is 0 Å². The van der Waals surface area contributed by atoms with Crippen LogP contribution < -0.4 is 4.99 Å². The summed E-state index contributed by atoms with van der Waals surface area (Å²) in [6.45, 7) is 4.25. The van der Waals surface area contributed by atoms with Gasteiger partial charge in [-0.25, -0.2) is 0 Å². The Hall–Kier alpha value is -1.55. The molecule has 0 aromatic carbocycles. The predicted molar refractivity (Wildman–Crippen MR) is 78.2 cm³/mol. The van der Waals surface area contributed by atoms with E-state index in [2.05, 4.69) is 41.8 Å². The molecule has 0 amide bonds. The molecule has 3 atom stereocenters. The quantitative estimate of drug-likeness (QED) is 0.256. The Labute approximate surface area is 119 Å². The van der Waals surface area contributed by atoms with E-state index in [9.17, 15) is 0 Å². The van der Waals surface area contributed by atoms with Gasteiger partial charge in [0.1, 0.15) is 0 Å². The summed E-state index contributed by atoms with van der Waals surface area (Å²) in [6, 6.07) is 0. The summed E-state index contributed by atoms with van der Waals surface area (Å²) in [6.07, 6.45) is 13.4. The van der Waals surface area contributed by atoms with Crippen LogP contribution in [0.2, 0.25) is 0 Å². The number of aliphatic hydroxyl groups is 2. The van der Waals surface area contributed by atoms with E-state index in [4.69, 9.17) is 9.84 Å². The SMILES string of the molecule is CC(C)/C=C\C(=C/[OH2+])C1=[NH+]C2(C=CCCC2)C2OC2[OH+]1. The molecule has 4 heteroatoms. The molecular formula is C16H24NO3+3. The molecule has 3 rings (SSSR count). The summed E-state index contributed by atoms with van der Waals surface area (Å²) >= 11 is 0. The Morgan fingerprint density at radius 2 is 2.45 bits per heavy atom. The predicted octanol–water partition coefficient (Wildman–Crippen LogP) is 0.0316. The first-order valence-electron chi connectivity index (χ1n) is 7.40. The van der Waals surface area contributed by atoms with E-state index in [-0.39, 0.29) is 17.9 Å². The maximum Gasteiger partial charge on any atom is 0.515 e. The van der Waals surface area contributed by atoms with Crippen LogP contribution in [0, 0.1) is 5.92 Å². The highest BCUT2D eigenvalue weighted by Gasteiger charge is 2.68. The first-order chi connectivity index (χ1) is 9.64. The molecule has 4 N–H and O–H groups in total. The van der Waals surface area contributed by atoms with Gasteiger partial charge in [0, 0.05) is 6.42 Å². The zero-order valence-corrected chi connectivity index (χ0v) is 12.1. The molecule has 0 radical (unpaired) electrons. The van der Waals surface area contributed by atoms with E-state index in [1.165, 1.54) is 12.7 Å². The third-order valence-electron chi connectivity index (χ3n) is 4.05. The van der Waals surface area contributed by atoms with Crippen molar-refractivity contribution in [2.45, 2.75) is 51.0 Å². The van der Waals surface area contributed by atoms with Gasteiger partial charge >= 0.3 is 12.2 Å².